The molecule has 31 heavy (non-hydrogen) atoms. The maximum Gasteiger partial charge on any atom is 0.290 e. The molecule has 1 aromatic carbocycles. The summed E-state index contributed by atoms with van der Waals surface area (Å²) in [5, 5.41) is 13.4. The number of halogens is 1. The van der Waals surface area contributed by atoms with Gasteiger partial charge in [0.15, 0.2) is 11.5 Å². The first-order valence-corrected chi connectivity index (χ1v) is 11.1. The van der Waals surface area contributed by atoms with Crippen molar-refractivity contribution in [3.05, 3.63) is 98.3 Å². The van der Waals surface area contributed by atoms with E-state index in [9.17, 15) is 14.7 Å². The van der Waals surface area contributed by atoms with E-state index < -0.39 is 23.5 Å². The maximum atomic E-state index is 13.5. The van der Waals surface area contributed by atoms with Crippen LogP contribution in [0, 0.1) is 0 Å². The van der Waals surface area contributed by atoms with Crippen molar-refractivity contribution in [1.29, 1.82) is 0 Å². The molecule has 0 radical (unpaired) electrons. The fraction of sp³-hybridized carbons (Fsp3) is 0.0870. The summed E-state index contributed by atoms with van der Waals surface area (Å²) in [5.41, 5.74) is 1.01. The van der Waals surface area contributed by atoms with E-state index in [1.807, 2.05) is 29.6 Å². The van der Waals surface area contributed by atoms with Crippen LogP contribution in [-0.4, -0.2) is 26.7 Å². The molecule has 0 spiro atoms. The molecule has 4 heterocycles. The quantitative estimate of drug-likeness (QED) is 0.374. The number of rotatable bonds is 5. The number of carbonyl (C=O) groups is 2. The first-order chi connectivity index (χ1) is 15.0. The Morgan fingerprint density at radius 3 is 2.81 bits per heavy atom. The molecule has 5 rings (SSSR count). The molecule has 154 valence electrons. The lowest BCUT2D eigenvalue weighted by molar-refractivity contribution is -0.130. The number of hydrogen-bond acceptors (Lipinski definition) is 6. The number of fused-ring (bicyclic) bond motifs is 1. The van der Waals surface area contributed by atoms with Gasteiger partial charge in [0.25, 0.3) is 5.91 Å². The molecule has 1 aliphatic rings. The van der Waals surface area contributed by atoms with Gasteiger partial charge < -0.3 is 14.4 Å². The van der Waals surface area contributed by atoms with Crippen molar-refractivity contribution in [3.63, 3.8) is 0 Å². The molecule has 0 saturated carbocycles. The number of aliphatic hydroxyl groups is 1. The highest BCUT2D eigenvalue weighted by atomic mass is 79.9. The van der Waals surface area contributed by atoms with Crippen LogP contribution < -0.4 is 0 Å². The summed E-state index contributed by atoms with van der Waals surface area (Å²) in [6, 6.07) is 15.3. The van der Waals surface area contributed by atoms with Crippen molar-refractivity contribution in [2.45, 2.75) is 12.6 Å². The van der Waals surface area contributed by atoms with Crippen molar-refractivity contribution < 1.29 is 19.1 Å². The molecular weight excluding hydrogens is 480 g/mol. The zero-order chi connectivity index (χ0) is 21.5. The molecule has 1 N–H and O–H groups in total. The highest BCUT2D eigenvalue weighted by Crippen LogP contribution is 2.40. The molecule has 0 bridgehead atoms. The van der Waals surface area contributed by atoms with Gasteiger partial charge >= 0.3 is 0 Å². The summed E-state index contributed by atoms with van der Waals surface area (Å²) in [4.78, 5) is 33.2. The minimum atomic E-state index is -0.816. The van der Waals surface area contributed by atoms with E-state index in [4.69, 9.17) is 4.42 Å². The largest absolute Gasteiger partial charge is 0.503 e. The number of carbonyl (C=O) groups excluding carboxylic acids is 2. The second kappa shape index (κ2) is 7.79. The molecule has 0 fully saturated rings. The van der Waals surface area contributed by atoms with Gasteiger partial charge in [-0.15, -0.1) is 11.3 Å². The smallest absolute Gasteiger partial charge is 0.290 e. The summed E-state index contributed by atoms with van der Waals surface area (Å²) in [6.07, 6.45) is 1.60. The van der Waals surface area contributed by atoms with Gasteiger partial charge in [-0.3, -0.25) is 14.6 Å². The van der Waals surface area contributed by atoms with E-state index in [2.05, 4.69) is 20.9 Å². The standard InChI is InChI=1S/C23H15BrN2O4S/c24-14-6-7-17-13(10-14)11-18(30-17)21(27)19-20(16-5-1-2-8-25-16)26(23(29)22(19)28)12-15-4-3-9-31-15/h1-11,20,28H,12H2. The second-order valence-electron chi connectivity index (χ2n) is 7.05. The van der Waals surface area contributed by atoms with Crippen LogP contribution in [-0.2, 0) is 11.3 Å². The Morgan fingerprint density at radius 2 is 2.06 bits per heavy atom. The number of benzene rings is 1. The van der Waals surface area contributed by atoms with Gasteiger partial charge in [-0.2, -0.15) is 0 Å². The van der Waals surface area contributed by atoms with Crippen LogP contribution in [0.1, 0.15) is 27.2 Å². The molecule has 1 amide bonds. The number of pyridine rings is 1. The number of furan rings is 1. The summed E-state index contributed by atoms with van der Waals surface area (Å²) in [5.74, 6) is -1.66. The number of Topliss-reactive ketones (excluding diaryl/α,β-unsaturated/α-hetero) is 1. The van der Waals surface area contributed by atoms with Crippen LogP contribution in [0.4, 0.5) is 0 Å². The fourth-order valence-electron chi connectivity index (χ4n) is 3.72. The Morgan fingerprint density at radius 1 is 1.19 bits per heavy atom. The third-order valence-corrected chi connectivity index (χ3v) is 6.48. The van der Waals surface area contributed by atoms with Crippen molar-refractivity contribution in [2.75, 3.05) is 0 Å². The van der Waals surface area contributed by atoms with Crippen molar-refractivity contribution in [3.8, 4) is 0 Å². The number of aromatic nitrogens is 1. The zero-order valence-electron chi connectivity index (χ0n) is 16.0. The SMILES string of the molecule is O=C(C1=C(O)C(=O)N(Cc2cccs2)C1c1ccccn1)c1cc2cc(Br)ccc2o1. The topological polar surface area (TPSA) is 83.6 Å². The predicted molar refractivity (Wildman–Crippen MR) is 120 cm³/mol. The van der Waals surface area contributed by atoms with E-state index >= 15 is 0 Å². The molecule has 4 aromatic rings. The van der Waals surface area contributed by atoms with Crippen LogP contribution in [0.15, 0.2) is 86.4 Å². The van der Waals surface area contributed by atoms with Gasteiger partial charge in [-0.1, -0.05) is 28.1 Å². The first kappa shape index (κ1) is 19.7. The average molecular weight is 495 g/mol. The zero-order valence-corrected chi connectivity index (χ0v) is 18.4. The van der Waals surface area contributed by atoms with E-state index in [1.165, 1.54) is 16.2 Å². The fourth-order valence-corrected chi connectivity index (χ4v) is 4.80. The lowest BCUT2D eigenvalue weighted by atomic mass is 9.98. The molecule has 0 aliphatic carbocycles. The van der Waals surface area contributed by atoms with E-state index in [1.54, 1.807) is 36.5 Å². The van der Waals surface area contributed by atoms with Gasteiger partial charge in [-0.25, -0.2) is 0 Å². The van der Waals surface area contributed by atoms with Crippen LogP contribution in [0.3, 0.4) is 0 Å². The number of ketones is 1. The van der Waals surface area contributed by atoms with Crippen LogP contribution in [0.25, 0.3) is 11.0 Å². The van der Waals surface area contributed by atoms with Gasteiger partial charge in [0, 0.05) is 20.9 Å². The van der Waals surface area contributed by atoms with E-state index in [0.717, 1.165) is 14.7 Å². The third kappa shape index (κ3) is 3.47. The molecule has 0 saturated heterocycles. The summed E-state index contributed by atoms with van der Waals surface area (Å²) in [6.45, 7) is 0.256. The van der Waals surface area contributed by atoms with Gasteiger partial charge in [0.2, 0.25) is 5.78 Å². The lowest BCUT2D eigenvalue weighted by Crippen LogP contribution is -2.30. The van der Waals surface area contributed by atoms with Gasteiger partial charge in [0.05, 0.1) is 17.8 Å². The Balaban J connectivity index is 1.60. The normalized spacial score (nSPS) is 16.5. The number of amides is 1. The highest BCUT2D eigenvalue weighted by molar-refractivity contribution is 9.10. The van der Waals surface area contributed by atoms with E-state index in [0.29, 0.717) is 11.3 Å². The molecule has 1 unspecified atom stereocenters. The molecule has 3 aromatic heterocycles. The Labute approximate surface area is 189 Å². The van der Waals surface area contributed by atoms with Crippen LogP contribution in [0.5, 0.6) is 0 Å². The third-order valence-electron chi connectivity index (χ3n) is 5.12. The summed E-state index contributed by atoms with van der Waals surface area (Å²) >= 11 is 4.90. The van der Waals surface area contributed by atoms with Crippen molar-refractivity contribution >= 4 is 49.9 Å². The average Bonchev–Trinajstić information content (AvgIpc) is 3.49. The molecule has 1 aliphatic heterocycles. The first-order valence-electron chi connectivity index (χ1n) is 9.44. The predicted octanol–water partition coefficient (Wildman–Crippen LogP) is 5.43. The maximum absolute atomic E-state index is 13.5. The number of aliphatic hydroxyl groups excluding tert-OH is 1. The number of hydrogen-bond donors (Lipinski definition) is 1. The molecule has 8 heteroatoms. The summed E-state index contributed by atoms with van der Waals surface area (Å²) in [7, 11) is 0. The van der Waals surface area contributed by atoms with Crippen molar-refractivity contribution in [2.24, 2.45) is 0 Å². The van der Waals surface area contributed by atoms with Crippen LogP contribution in [0.2, 0.25) is 0 Å². The molecule has 6 nitrogen and oxygen atoms in total. The number of nitrogens with zero attached hydrogens (tertiary/aromatic N) is 2. The molecule has 1 atom stereocenters. The second-order valence-corrected chi connectivity index (χ2v) is 9.00. The Bertz CT molecular complexity index is 1330. The highest BCUT2D eigenvalue weighted by Gasteiger charge is 2.45. The lowest BCUT2D eigenvalue weighted by Gasteiger charge is -2.25. The Kier molecular flexibility index (Phi) is 4.95. The van der Waals surface area contributed by atoms with Gasteiger partial charge in [0.1, 0.15) is 11.6 Å². The summed E-state index contributed by atoms with van der Waals surface area (Å²) < 4.78 is 6.60. The minimum absolute atomic E-state index is 0.0293. The van der Waals surface area contributed by atoms with E-state index in [-0.39, 0.29) is 17.9 Å². The van der Waals surface area contributed by atoms with Gasteiger partial charge in [-0.05, 0) is 47.8 Å². The Hall–Kier alpha value is -3.23. The van der Waals surface area contributed by atoms with Crippen LogP contribution >= 0.6 is 27.3 Å². The minimum Gasteiger partial charge on any atom is -0.503 e. The number of thiophene rings is 1. The van der Waals surface area contributed by atoms with Crippen molar-refractivity contribution in [1.82, 2.24) is 9.88 Å². The monoisotopic (exact) mass is 494 g/mol. The molecular formula is C23H15BrN2O4S.